The molecule has 2 amide bonds. The lowest BCUT2D eigenvalue weighted by Gasteiger charge is -2.14. The number of hydrogen-bond acceptors (Lipinski definition) is 4. The van der Waals surface area contributed by atoms with Crippen molar-refractivity contribution in [2.24, 2.45) is 17.8 Å². The summed E-state index contributed by atoms with van der Waals surface area (Å²) in [6.45, 7) is 11.1. The molecule has 3 unspecified atom stereocenters. The van der Waals surface area contributed by atoms with Crippen LogP contribution in [-0.4, -0.2) is 24.6 Å². The average molecular weight is 504 g/mol. The van der Waals surface area contributed by atoms with Gasteiger partial charge in [0.25, 0.3) is 0 Å². The molecule has 1 aromatic carbocycles. The van der Waals surface area contributed by atoms with E-state index in [1.807, 2.05) is 25.1 Å². The van der Waals surface area contributed by atoms with Crippen LogP contribution in [0.1, 0.15) is 83.8 Å². The van der Waals surface area contributed by atoms with Gasteiger partial charge in [-0.15, -0.1) is 0 Å². The van der Waals surface area contributed by atoms with Gasteiger partial charge in [0.15, 0.2) is 12.0 Å². The van der Waals surface area contributed by atoms with E-state index >= 15 is 0 Å². The van der Waals surface area contributed by atoms with Crippen LogP contribution in [0.2, 0.25) is 5.02 Å². The first-order valence-corrected chi connectivity index (χ1v) is 12.9. The molecule has 1 aromatic rings. The number of halogens is 1. The number of amides is 2. The van der Waals surface area contributed by atoms with Crippen molar-refractivity contribution in [2.45, 2.75) is 79.6 Å². The van der Waals surface area contributed by atoms with Crippen molar-refractivity contribution in [3.63, 3.8) is 0 Å². The molecule has 1 saturated carbocycles. The van der Waals surface area contributed by atoms with Crippen molar-refractivity contribution >= 4 is 35.8 Å². The first-order valence-electron chi connectivity index (χ1n) is 12.5. The van der Waals surface area contributed by atoms with Crippen molar-refractivity contribution in [2.75, 3.05) is 6.54 Å². The molecule has 0 spiro atoms. The van der Waals surface area contributed by atoms with Gasteiger partial charge < -0.3 is 5.32 Å². The van der Waals surface area contributed by atoms with E-state index in [0.717, 1.165) is 42.3 Å². The van der Waals surface area contributed by atoms with E-state index in [-0.39, 0.29) is 11.7 Å². The Morgan fingerprint density at radius 2 is 1.80 bits per heavy atom. The van der Waals surface area contributed by atoms with Crippen molar-refractivity contribution in [3.05, 3.63) is 40.4 Å². The average Bonchev–Trinajstić information content (AvgIpc) is 3.48. The Labute approximate surface area is 216 Å². The topological polar surface area (TPSA) is 99.1 Å². The van der Waals surface area contributed by atoms with Crippen LogP contribution in [0.25, 0.3) is 6.08 Å². The zero-order valence-corrected chi connectivity index (χ0v) is 22.7. The van der Waals surface area contributed by atoms with Crippen molar-refractivity contribution in [1.82, 2.24) is 10.6 Å². The summed E-state index contributed by atoms with van der Waals surface area (Å²) in [5, 5.41) is 12.7. The van der Waals surface area contributed by atoms with E-state index in [9.17, 15) is 9.59 Å². The second-order valence-corrected chi connectivity index (χ2v) is 9.15. The van der Waals surface area contributed by atoms with Crippen molar-refractivity contribution in [1.29, 1.82) is 5.26 Å². The summed E-state index contributed by atoms with van der Waals surface area (Å²) in [4.78, 5) is 30.5. The highest BCUT2D eigenvalue weighted by molar-refractivity contribution is 6.32. The summed E-state index contributed by atoms with van der Waals surface area (Å²) < 4.78 is 0. The Bertz CT molecular complexity index is 818. The second kappa shape index (κ2) is 19.6. The normalized spacial score (nSPS) is 20.1. The highest BCUT2D eigenvalue weighted by atomic mass is 35.5. The summed E-state index contributed by atoms with van der Waals surface area (Å²) >= 11 is 5.95. The van der Waals surface area contributed by atoms with Crippen molar-refractivity contribution < 1.29 is 14.4 Å². The number of nitrogens with one attached hydrogen (secondary N) is 2. The van der Waals surface area contributed by atoms with Gasteiger partial charge in [0.2, 0.25) is 12.3 Å². The second-order valence-electron chi connectivity index (χ2n) is 8.74. The molecule has 6 nitrogen and oxygen atoms in total. The molecule has 7 heteroatoms. The van der Waals surface area contributed by atoms with Gasteiger partial charge >= 0.3 is 0 Å². The van der Waals surface area contributed by atoms with Gasteiger partial charge in [-0.05, 0) is 67.9 Å². The minimum absolute atomic E-state index is 0.0271. The van der Waals surface area contributed by atoms with Gasteiger partial charge in [-0.1, -0.05) is 76.6 Å². The van der Waals surface area contributed by atoms with Gasteiger partial charge in [0, 0.05) is 17.5 Å². The molecule has 2 aliphatic rings. The summed E-state index contributed by atoms with van der Waals surface area (Å²) in [6, 6.07) is 5.67. The molecule has 194 valence electrons. The van der Waals surface area contributed by atoms with E-state index in [1.165, 1.54) is 51.3 Å². The van der Waals surface area contributed by atoms with Gasteiger partial charge in [0.1, 0.15) is 0 Å². The first kappa shape index (κ1) is 32.4. The summed E-state index contributed by atoms with van der Waals surface area (Å²) in [5.74, 6) is 2.74. The fourth-order valence-electron chi connectivity index (χ4n) is 4.31. The van der Waals surface area contributed by atoms with Crippen LogP contribution in [0, 0.1) is 36.1 Å². The number of rotatable bonds is 6. The van der Waals surface area contributed by atoms with E-state index in [1.54, 1.807) is 11.4 Å². The highest BCUT2D eigenvalue weighted by Gasteiger charge is 2.23. The molecule has 2 fully saturated rings. The van der Waals surface area contributed by atoms with Gasteiger partial charge in [-0.3, -0.25) is 19.7 Å². The molecule has 3 rings (SSSR count). The molecule has 35 heavy (non-hydrogen) atoms. The number of nitrogens with zero attached hydrogens (tertiary/aromatic N) is 1. The van der Waals surface area contributed by atoms with E-state index in [4.69, 9.17) is 21.7 Å². The molecule has 1 aliphatic heterocycles. The van der Waals surface area contributed by atoms with Crippen LogP contribution in [0.5, 0.6) is 0 Å². The van der Waals surface area contributed by atoms with Crippen LogP contribution in [0.4, 0.5) is 0 Å². The Morgan fingerprint density at radius 1 is 1.17 bits per heavy atom. The van der Waals surface area contributed by atoms with E-state index < -0.39 is 0 Å². The number of nitriles is 1. The molecule has 2 N–H and O–H groups in total. The Kier molecular flexibility index (Phi) is 18.1. The lowest BCUT2D eigenvalue weighted by molar-refractivity contribution is -0.122. The Hall–Kier alpha value is -2.65. The quantitative estimate of drug-likeness (QED) is 0.208. The maximum atomic E-state index is 10.7. The number of carbonyl (C=O) groups excluding carboxylic acids is 3. The largest absolute Gasteiger partial charge is 0.356 e. The van der Waals surface area contributed by atoms with Crippen molar-refractivity contribution in [3.8, 4) is 6.19 Å². The number of aryl methyl sites for hydroxylation is 1. The first-order chi connectivity index (χ1) is 16.7. The zero-order chi connectivity index (χ0) is 26.6. The smallest absolute Gasteiger partial charge is 0.223 e. The van der Waals surface area contributed by atoms with Crippen LogP contribution >= 0.6 is 11.6 Å². The number of carbonyl (C=O) groups is 3. The fourth-order valence-corrected chi connectivity index (χ4v) is 4.59. The number of allylic oxidation sites excluding steroid dienone is 1. The minimum Gasteiger partial charge on any atom is -0.356 e. The summed E-state index contributed by atoms with van der Waals surface area (Å²) in [5.41, 5.74) is 1.99. The molecule has 0 aromatic heterocycles. The lowest BCUT2D eigenvalue weighted by atomic mass is 9.92. The SMILES string of the molecule is CC(=O)/C=C/c1c(C)cccc1Cl.CCC1CCCC1CC.CCC1CCNC1=O.N#CNC=O. The summed E-state index contributed by atoms with van der Waals surface area (Å²) in [6.07, 6.45) is 14.4. The van der Waals surface area contributed by atoms with Gasteiger partial charge in [-0.25, -0.2) is 0 Å². The number of ketones is 1. The predicted molar refractivity (Wildman–Crippen MR) is 144 cm³/mol. The summed E-state index contributed by atoms with van der Waals surface area (Å²) in [7, 11) is 0. The third-order valence-corrected chi connectivity index (χ3v) is 6.73. The van der Waals surface area contributed by atoms with Crippen LogP contribution in [0.3, 0.4) is 0 Å². The third-order valence-electron chi connectivity index (χ3n) is 6.40. The van der Waals surface area contributed by atoms with Crippen LogP contribution in [-0.2, 0) is 14.4 Å². The molecule has 1 saturated heterocycles. The maximum Gasteiger partial charge on any atom is 0.223 e. The third kappa shape index (κ3) is 13.7. The van der Waals surface area contributed by atoms with E-state index in [0.29, 0.717) is 17.4 Å². The lowest BCUT2D eigenvalue weighted by Crippen LogP contribution is -2.18. The molecule has 1 heterocycles. The number of benzene rings is 1. The fraction of sp³-hybridized carbons (Fsp3) is 0.571. The van der Waals surface area contributed by atoms with Crippen LogP contribution in [0.15, 0.2) is 24.3 Å². The molecule has 1 aliphatic carbocycles. The maximum absolute atomic E-state index is 10.7. The Balaban J connectivity index is 0.000000465. The van der Waals surface area contributed by atoms with Crippen LogP contribution < -0.4 is 10.6 Å². The Morgan fingerprint density at radius 3 is 2.14 bits per heavy atom. The monoisotopic (exact) mass is 503 g/mol. The molecule has 0 bridgehead atoms. The molecule has 0 radical (unpaired) electrons. The standard InChI is InChI=1S/C11H11ClO.C9H18.C6H11NO.C2H2N2O/c1-8-4-3-5-11(12)10(8)7-6-9(2)13;1-3-8-6-5-7-9(8)4-2;1-2-5-3-4-7-6(5)8;3-1-4-2-5/h3-7H,1-2H3;8-9H,3-7H2,1-2H3;5H,2-4H2,1H3,(H,7,8);2H,(H,4,5)/b7-6+;;;. The molecular formula is C28H42ClN3O3. The van der Waals surface area contributed by atoms with Gasteiger partial charge in [0.05, 0.1) is 0 Å². The highest BCUT2D eigenvalue weighted by Crippen LogP contribution is 2.35. The number of hydrogen-bond donors (Lipinski definition) is 2. The van der Waals surface area contributed by atoms with Gasteiger partial charge in [-0.2, -0.15) is 5.26 Å². The predicted octanol–water partition coefficient (Wildman–Crippen LogP) is 6.22. The molecule has 3 atom stereocenters. The zero-order valence-electron chi connectivity index (χ0n) is 21.9. The minimum atomic E-state index is 0.0271. The van der Waals surface area contributed by atoms with E-state index in [2.05, 4.69) is 26.1 Å². The molecular weight excluding hydrogens is 462 g/mol.